The van der Waals surface area contributed by atoms with E-state index >= 15 is 0 Å². The number of carbonyl (C=O) groups excluding carboxylic acids is 1. The van der Waals surface area contributed by atoms with E-state index in [0.717, 1.165) is 24.2 Å². The number of aryl methyl sites for hydroxylation is 3. The Morgan fingerprint density at radius 2 is 1.92 bits per heavy atom. The number of ether oxygens (including phenoxy) is 1. The zero-order chi connectivity index (χ0) is 16.9. The smallest absolute Gasteiger partial charge is 0.261 e. The predicted octanol–water partition coefficient (Wildman–Crippen LogP) is 3.96. The SMILES string of the molecule is Cc1cccc(CNC(=O)C(C)Oc2ccc3c(c2)CCCC3)c1. The van der Waals surface area contributed by atoms with Crippen LogP contribution in [0.1, 0.15) is 42.0 Å². The van der Waals surface area contributed by atoms with Crippen molar-refractivity contribution in [3.63, 3.8) is 0 Å². The molecule has 126 valence electrons. The number of fused-ring (bicyclic) bond motifs is 1. The lowest BCUT2D eigenvalue weighted by molar-refractivity contribution is -0.127. The monoisotopic (exact) mass is 323 g/mol. The molecule has 1 N–H and O–H groups in total. The lowest BCUT2D eigenvalue weighted by Crippen LogP contribution is -2.35. The average Bonchev–Trinajstić information content (AvgIpc) is 2.59. The molecule has 1 aliphatic rings. The van der Waals surface area contributed by atoms with Crippen LogP contribution < -0.4 is 10.1 Å². The maximum Gasteiger partial charge on any atom is 0.261 e. The Balaban J connectivity index is 1.56. The Hall–Kier alpha value is -2.29. The first-order chi connectivity index (χ1) is 11.6. The number of nitrogens with one attached hydrogen (secondary N) is 1. The van der Waals surface area contributed by atoms with Crippen LogP contribution in [0, 0.1) is 6.92 Å². The third kappa shape index (κ3) is 4.16. The van der Waals surface area contributed by atoms with Gasteiger partial charge in [-0.15, -0.1) is 0 Å². The molecule has 24 heavy (non-hydrogen) atoms. The summed E-state index contributed by atoms with van der Waals surface area (Å²) in [6.45, 7) is 4.37. The van der Waals surface area contributed by atoms with Crippen molar-refractivity contribution < 1.29 is 9.53 Å². The zero-order valence-electron chi connectivity index (χ0n) is 14.5. The number of hydrogen-bond donors (Lipinski definition) is 1. The summed E-state index contributed by atoms with van der Waals surface area (Å²) in [4.78, 5) is 12.3. The second kappa shape index (κ2) is 7.52. The van der Waals surface area contributed by atoms with E-state index in [-0.39, 0.29) is 5.91 Å². The molecule has 3 heteroatoms. The maximum absolute atomic E-state index is 12.3. The highest BCUT2D eigenvalue weighted by Crippen LogP contribution is 2.25. The molecule has 0 spiro atoms. The van der Waals surface area contributed by atoms with E-state index in [1.165, 1.54) is 29.5 Å². The molecule has 2 aromatic rings. The van der Waals surface area contributed by atoms with E-state index in [0.29, 0.717) is 6.54 Å². The van der Waals surface area contributed by atoms with E-state index in [9.17, 15) is 4.79 Å². The first-order valence-electron chi connectivity index (χ1n) is 8.73. The molecule has 0 saturated carbocycles. The third-order valence-corrected chi connectivity index (χ3v) is 4.55. The van der Waals surface area contributed by atoms with Gasteiger partial charge in [-0.05, 0) is 68.4 Å². The van der Waals surface area contributed by atoms with Gasteiger partial charge < -0.3 is 10.1 Å². The number of benzene rings is 2. The number of rotatable bonds is 5. The van der Waals surface area contributed by atoms with Crippen LogP contribution in [-0.2, 0) is 24.2 Å². The Morgan fingerprint density at radius 3 is 2.71 bits per heavy atom. The van der Waals surface area contributed by atoms with E-state index in [2.05, 4.69) is 23.5 Å². The van der Waals surface area contributed by atoms with Gasteiger partial charge in [0.15, 0.2) is 6.10 Å². The van der Waals surface area contributed by atoms with Gasteiger partial charge in [-0.2, -0.15) is 0 Å². The minimum Gasteiger partial charge on any atom is -0.481 e. The minimum atomic E-state index is -0.503. The van der Waals surface area contributed by atoms with Crippen molar-refractivity contribution in [1.29, 1.82) is 0 Å². The quantitative estimate of drug-likeness (QED) is 0.904. The van der Waals surface area contributed by atoms with Gasteiger partial charge >= 0.3 is 0 Å². The Bertz CT molecular complexity index is 724. The Labute approximate surface area is 144 Å². The molecule has 0 radical (unpaired) electrons. The third-order valence-electron chi connectivity index (χ3n) is 4.55. The molecule has 1 atom stereocenters. The van der Waals surface area contributed by atoms with Gasteiger partial charge in [0.2, 0.25) is 0 Å². The second-order valence-corrected chi connectivity index (χ2v) is 6.60. The van der Waals surface area contributed by atoms with Crippen LogP contribution in [-0.4, -0.2) is 12.0 Å². The highest BCUT2D eigenvalue weighted by atomic mass is 16.5. The fraction of sp³-hybridized carbons (Fsp3) is 0.381. The van der Waals surface area contributed by atoms with Gasteiger partial charge in [-0.3, -0.25) is 4.79 Å². The fourth-order valence-corrected chi connectivity index (χ4v) is 3.20. The van der Waals surface area contributed by atoms with Crippen molar-refractivity contribution in [2.24, 2.45) is 0 Å². The lowest BCUT2D eigenvalue weighted by atomic mass is 9.92. The lowest BCUT2D eigenvalue weighted by Gasteiger charge is -2.19. The minimum absolute atomic E-state index is 0.0887. The van der Waals surface area contributed by atoms with E-state index < -0.39 is 6.10 Å². The Morgan fingerprint density at radius 1 is 1.12 bits per heavy atom. The molecule has 3 nitrogen and oxygen atoms in total. The van der Waals surface area contributed by atoms with Gasteiger partial charge in [-0.25, -0.2) is 0 Å². The molecule has 1 aliphatic carbocycles. The molecule has 0 bridgehead atoms. The first kappa shape index (κ1) is 16.6. The number of carbonyl (C=O) groups is 1. The molecule has 0 fully saturated rings. The molecule has 2 aromatic carbocycles. The van der Waals surface area contributed by atoms with Crippen molar-refractivity contribution in [2.45, 2.75) is 52.2 Å². The zero-order valence-corrected chi connectivity index (χ0v) is 14.5. The summed E-state index contributed by atoms with van der Waals surface area (Å²) in [5, 5.41) is 2.94. The van der Waals surface area contributed by atoms with Crippen molar-refractivity contribution >= 4 is 5.91 Å². The first-order valence-corrected chi connectivity index (χ1v) is 8.73. The number of amides is 1. The summed E-state index contributed by atoms with van der Waals surface area (Å²) in [6.07, 6.45) is 4.27. The van der Waals surface area contributed by atoms with Crippen LogP contribution in [0.3, 0.4) is 0 Å². The van der Waals surface area contributed by atoms with E-state index in [1.54, 1.807) is 6.92 Å². The summed E-state index contributed by atoms with van der Waals surface area (Å²) >= 11 is 0. The highest BCUT2D eigenvalue weighted by Gasteiger charge is 2.16. The molecule has 0 aromatic heterocycles. The maximum atomic E-state index is 12.3. The normalized spacial score (nSPS) is 14.6. The number of hydrogen-bond acceptors (Lipinski definition) is 2. The molecular formula is C21H25NO2. The summed E-state index contributed by atoms with van der Waals surface area (Å²) in [5.41, 5.74) is 5.08. The van der Waals surface area contributed by atoms with Crippen LogP contribution in [0.5, 0.6) is 5.75 Å². The molecular weight excluding hydrogens is 298 g/mol. The Kier molecular flexibility index (Phi) is 5.19. The summed E-state index contributed by atoms with van der Waals surface area (Å²) in [6, 6.07) is 14.4. The standard InChI is InChI=1S/C21H25NO2/c1-15-6-5-7-17(12-15)14-22-21(23)16(2)24-20-11-10-18-8-3-4-9-19(18)13-20/h5-7,10-13,16H,3-4,8-9,14H2,1-2H3,(H,22,23). The van der Waals surface area contributed by atoms with Gasteiger partial charge in [0, 0.05) is 6.54 Å². The molecule has 0 saturated heterocycles. The van der Waals surface area contributed by atoms with Crippen LogP contribution in [0.2, 0.25) is 0 Å². The molecule has 0 aliphatic heterocycles. The van der Waals surface area contributed by atoms with E-state index in [4.69, 9.17) is 4.74 Å². The van der Waals surface area contributed by atoms with Gasteiger partial charge in [0.25, 0.3) is 5.91 Å². The molecule has 3 rings (SSSR count). The molecule has 1 amide bonds. The van der Waals surface area contributed by atoms with Gasteiger partial charge in [-0.1, -0.05) is 35.9 Å². The van der Waals surface area contributed by atoms with Crippen molar-refractivity contribution in [3.8, 4) is 5.75 Å². The van der Waals surface area contributed by atoms with E-state index in [1.807, 2.05) is 31.2 Å². The van der Waals surface area contributed by atoms with Crippen molar-refractivity contribution in [3.05, 3.63) is 64.7 Å². The highest BCUT2D eigenvalue weighted by molar-refractivity contribution is 5.80. The second-order valence-electron chi connectivity index (χ2n) is 6.60. The van der Waals surface area contributed by atoms with Crippen molar-refractivity contribution in [1.82, 2.24) is 5.32 Å². The molecule has 1 unspecified atom stereocenters. The fourth-order valence-electron chi connectivity index (χ4n) is 3.20. The van der Waals surface area contributed by atoms with Crippen LogP contribution in [0.25, 0.3) is 0 Å². The van der Waals surface area contributed by atoms with Crippen LogP contribution in [0.15, 0.2) is 42.5 Å². The average molecular weight is 323 g/mol. The van der Waals surface area contributed by atoms with Gasteiger partial charge in [0.05, 0.1) is 0 Å². The predicted molar refractivity (Wildman–Crippen MR) is 96.2 cm³/mol. The molecule has 0 heterocycles. The van der Waals surface area contributed by atoms with Crippen molar-refractivity contribution in [2.75, 3.05) is 0 Å². The summed E-state index contributed by atoms with van der Waals surface area (Å²) < 4.78 is 5.84. The van der Waals surface area contributed by atoms with Crippen LogP contribution >= 0.6 is 0 Å². The largest absolute Gasteiger partial charge is 0.481 e. The summed E-state index contributed by atoms with van der Waals surface area (Å²) in [5.74, 6) is 0.697. The van der Waals surface area contributed by atoms with Crippen LogP contribution in [0.4, 0.5) is 0 Å². The van der Waals surface area contributed by atoms with Gasteiger partial charge in [0.1, 0.15) is 5.75 Å². The summed E-state index contributed by atoms with van der Waals surface area (Å²) in [7, 11) is 0. The topological polar surface area (TPSA) is 38.3 Å².